The van der Waals surface area contributed by atoms with Crippen LogP contribution in [-0.2, 0) is 9.59 Å². The molecule has 2 aliphatic rings. The molecule has 2 aromatic carbocycles. The highest BCUT2D eigenvalue weighted by Crippen LogP contribution is 2.40. The van der Waals surface area contributed by atoms with E-state index in [4.69, 9.17) is 21.1 Å². The van der Waals surface area contributed by atoms with Gasteiger partial charge in [-0.1, -0.05) is 23.7 Å². The first kappa shape index (κ1) is 19.2. The minimum absolute atomic E-state index is 0.0864. The number of ether oxygens (including phenoxy) is 2. The average Bonchev–Trinajstić information content (AvgIpc) is 2.92. The Kier molecular flexibility index (Phi) is 5.12. The number of carbonyl (C=O) groups is 3. The van der Waals surface area contributed by atoms with E-state index < -0.39 is 11.7 Å². The summed E-state index contributed by atoms with van der Waals surface area (Å²) < 4.78 is 11.0. The summed E-state index contributed by atoms with van der Waals surface area (Å²) in [6.45, 7) is 1.03. The van der Waals surface area contributed by atoms with Crippen LogP contribution in [-0.4, -0.2) is 51.1 Å². The van der Waals surface area contributed by atoms with Gasteiger partial charge in [0.05, 0.1) is 29.0 Å². The number of hydrogen-bond donors (Lipinski definition) is 2. The molecule has 0 aliphatic carbocycles. The normalized spacial score (nSPS) is 15.9. The lowest BCUT2D eigenvalue weighted by molar-refractivity contribution is -0.869. The van der Waals surface area contributed by atoms with E-state index in [9.17, 15) is 14.4 Å². The molecule has 0 spiro atoms. The van der Waals surface area contributed by atoms with Gasteiger partial charge in [0.15, 0.2) is 24.7 Å². The summed E-state index contributed by atoms with van der Waals surface area (Å²) in [6.07, 6.45) is 0. The maximum atomic E-state index is 12.5. The number of quaternary nitrogens is 1. The second-order valence-corrected chi connectivity index (χ2v) is 7.30. The Morgan fingerprint density at radius 1 is 1.17 bits per heavy atom. The van der Waals surface area contributed by atoms with Crippen molar-refractivity contribution in [3.05, 3.63) is 47.0 Å². The van der Waals surface area contributed by atoms with Crippen LogP contribution < -0.4 is 24.6 Å². The van der Waals surface area contributed by atoms with Gasteiger partial charge in [0, 0.05) is 6.07 Å². The van der Waals surface area contributed by atoms with Crippen molar-refractivity contribution in [3.8, 4) is 11.5 Å². The summed E-state index contributed by atoms with van der Waals surface area (Å²) in [5.41, 5.74) is 1.27. The minimum atomic E-state index is -0.631. The molecule has 8 nitrogen and oxygen atoms in total. The van der Waals surface area contributed by atoms with Gasteiger partial charge in [0.25, 0.3) is 11.7 Å². The van der Waals surface area contributed by atoms with E-state index in [0.717, 1.165) is 4.90 Å². The van der Waals surface area contributed by atoms with Gasteiger partial charge in [-0.15, -0.1) is 0 Å². The van der Waals surface area contributed by atoms with Crippen molar-refractivity contribution in [1.82, 2.24) is 0 Å². The van der Waals surface area contributed by atoms with Gasteiger partial charge in [-0.25, -0.2) is 0 Å². The smallest absolute Gasteiger partial charge is 0.303 e. The number of fused-ring (bicyclic) bond motifs is 2. The zero-order chi connectivity index (χ0) is 20.5. The van der Waals surface area contributed by atoms with Crippen LogP contribution in [0.25, 0.3) is 0 Å². The number of rotatable bonds is 5. The highest BCUT2D eigenvalue weighted by atomic mass is 35.5. The first-order valence-electron chi connectivity index (χ1n) is 9.09. The molecular weight excluding hydrogens is 398 g/mol. The van der Waals surface area contributed by atoms with E-state index in [1.54, 1.807) is 43.4 Å². The van der Waals surface area contributed by atoms with Crippen molar-refractivity contribution in [2.24, 2.45) is 0 Å². The molecule has 0 saturated carbocycles. The number of benzene rings is 2. The van der Waals surface area contributed by atoms with Gasteiger partial charge < -0.3 is 19.7 Å². The lowest BCUT2D eigenvalue weighted by Gasteiger charge is -2.23. The molecule has 0 radical (unpaired) electrons. The molecule has 0 bridgehead atoms. The maximum Gasteiger partial charge on any atom is 0.303 e. The van der Waals surface area contributed by atoms with E-state index in [-0.39, 0.29) is 24.7 Å². The van der Waals surface area contributed by atoms with Crippen molar-refractivity contribution in [2.75, 3.05) is 43.7 Å². The number of para-hydroxylation sites is 1. The zero-order valence-corrected chi connectivity index (χ0v) is 16.4. The molecule has 1 atom stereocenters. The zero-order valence-electron chi connectivity index (χ0n) is 15.7. The topological polar surface area (TPSA) is 89.4 Å². The maximum absolute atomic E-state index is 12.5. The highest BCUT2D eigenvalue weighted by Gasteiger charge is 2.39. The standard InChI is InChI=1S/C20H18ClN3O5/c1-23(10-18(25)22-14-5-3-2-4-13(14)21)11-24-15-9-17-16(28-6-7-29-17)8-12(15)19(26)20(24)27/h2-5,8-9H,6-7,10-11H2,1H3,(H,22,25)/p+1. The number of carbonyl (C=O) groups excluding carboxylic acids is 3. The molecule has 2 heterocycles. The summed E-state index contributed by atoms with van der Waals surface area (Å²) in [6, 6.07) is 10.1. The summed E-state index contributed by atoms with van der Waals surface area (Å²) in [5, 5.41) is 3.19. The van der Waals surface area contributed by atoms with E-state index in [1.807, 2.05) is 0 Å². The Hall–Kier alpha value is -3.10. The van der Waals surface area contributed by atoms with Crippen LogP contribution in [0.15, 0.2) is 36.4 Å². The minimum Gasteiger partial charge on any atom is -0.486 e. The number of nitrogens with one attached hydrogen (secondary N) is 2. The molecule has 4 rings (SSSR count). The Morgan fingerprint density at radius 2 is 1.86 bits per heavy atom. The largest absolute Gasteiger partial charge is 0.486 e. The van der Waals surface area contributed by atoms with E-state index >= 15 is 0 Å². The lowest BCUT2D eigenvalue weighted by atomic mass is 10.1. The van der Waals surface area contributed by atoms with Crippen molar-refractivity contribution in [1.29, 1.82) is 0 Å². The molecule has 2 aromatic rings. The second kappa shape index (κ2) is 7.73. The van der Waals surface area contributed by atoms with E-state index in [1.165, 1.54) is 4.90 Å². The lowest BCUT2D eigenvalue weighted by Crippen LogP contribution is -3.12. The number of hydrogen-bond acceptors (Lipinski definition) is 5. The third-order valence-corrected chi connectivity index (χ3v) is 5.00. The molecule has 2 N–H and O–H groups in total. The number of amides is 2. The molecule has 9 heteroatoms. The molecule has 150 valence electrons. The van der Waals surface area contributed by atoms with Gasteiger partial charge in [-0.3, -0.25) is 19.3 Å². The molecular formula is C20H19ClN3O5+. The predicted molar refractivity (Wildman–Crippen MR) is 106 cm³/mol. The fraction of sp³-hybridized carbons (Fsp3) is 0.250. The van der Waals surface area contributed by atoms with Crippen LogP contribution in [0.4, 0.5) is 11.4 Å². The van der Waals surface area contributed by atoms with E-state index in [2.05, 4.69) is 5.32 Å². The Labute approximate surface area is 171 Å². The molecule has 29 heavy (non-hydrogen) atoms. The van der Waals surface area contributed by atoms with Crippen molar-refractivity contribution in [2.45, 2.75) is 0 Å². The number of anilines is 2. The number of likely N-dealkylation sites (N-methyl/N-ethyl adjacent to an activating group) is 1. The highest BCUT2D eigenvalue weighted by molar-refractivity contribution is 6.52. The van der Waals surface area contributed by atoms with Gasteiger partial charge in [-0.05, 0) is 18.2 Å². The molecule has 2 amide bonds. The van der Waals surface area contributed by atoms with Gasteiger partial charge in [0.2, 0.25) is 0 Å². The molecule has 2 aliphatic heterocycles. The third kappa shape index (κ3) is 3.76. The van der Waals surface area contributed by atoms with Crippen LogP contribution >= 0.6 is 11.6 Å². The molecule has 0 fully saturated rings. The fourth-order valence-electron chi connectivity index (χ4n) is 3.34. The van der Waals surface area contributed by atoms with Crippen molar-refractivity contribution >= 4 is 40.6 Å². The monoisotopic (exact) mass is 416 g/mol. The van der Waals surface area contributed by atoms with Crippen LogP contribution in [0, 0.1) is 0 Å². The quantitative estimate of drug-likeness (QED) is 0.702. The molecule has 0 aromatic heterocycles. The summed E-state index contributed by atoms with van der Waals surface area (Å²) in [7, 11) is 1.76. The van der Waals surface area contributed by atoms with Crippen LogP contribution in [0.1, 0.15) is 10.4 Å². The first-order valence-corrected chi connectivity index (χ1v) is 9.47. The summed E-state index contributed by atoms with van der Waals surface area (Å²) in [5.74, 6) is -0.524. The summed E-state index contributed by atoms with van der Waals surface area (Å²) in [4.78, 5) is 39.3. The van der Waals surface area contributed by atoms with Crippen LogP contribution in [0.3, 0.4) is 0 Å². The van der Waals surface area contributed by atoms with Gasteiger partial charge >= 0.3 is 5.91 Å². The van der Waals surface area contributed by atoms with Crippen molar-refractivity contribution < 1.29 is 28.8 Å². The van der Waals surface area contributed by atoms with Crippen LogP contribution in [0.5, 0.6) is 11.5 Å². The second-order valence-electron chi connectivity index (χ2n) is 6.90. The van der Waals surface area contributed by atoms with Gasteiger partial charge in [0.1, 0.15) is 13.2 Å². The molecule has 0 saturated heterocycles. The average molecular weight is 417 g/mol. The Balaban J connectivity index is 1.47. The van der Waals surface area contributed by atoms with Crippen LogP contribution in [0.2, 0.25) is 5.02 Å². The van der Waals surface area contributed by atoms with E-state index in [0.29, 0.717) is 41.1 Å². The predicted octanol–water partition coefficient (Wildman–Crippen LogP) is 0.751. The summed E-state index contributed by atoms with van der Waals surface area (Å²) >= 11 is 6.06. The number of nitrogens with zero attached hydrogens (tertiary/aromatic N) is 1. The number of ketones is 1. The number of halogens is 1. The Morgan fingerprint density at radius 3 is 2.59 bits per heavy atom. The van der Waals surface area contributed by atoms with Gasteiger partial charge in [-0.2, -0.15) is 0 Å². The first-order chi connectivity index (χ1) is 13.9. The SMILES string of the molecule is C[NH+](CC(=O)Nc1ccccc1Cl)CN1C(=O)C(=O)c2cc3c(cc21)OCCO3. The Bertz CT molecular complexity index is 1010. The fourth-order valence-corrected chi connectivity index (χ4v) is 3.53. The van der Waals surface area contributed by atoms with Crippen molar-refractivity contribution in [3.63, 3.8) is 0 Å². The third-order valence-electron chi connectivity index (χ3n) is 4.67. The number of Topliss-reactive ketones (excluding diaryl/α,β-unsaturated/α-hetero) is 1. The molecule has 1 unspecified atom stereocenters.